The van der Waals surface area contributed by atoms with Crippen LogP contribution >= 0.6 is 0 Å². The SMILES string of the molecule is Cc1ccc(CCC(=O)NCCOC(=O)c2cccc3ncccc23)cc1. The molecule has 5 heteroatoms. The number of aromatic nitrogens is 1. The van der Waals surface area contributed by atoms with Gasteiger partial charge in [-0.3, -0.25) is 9.78 Å². The van der Waals surface area contributed by atoms with Gasteiger partial charge < -0.3 is 10.1 Å². The number of benzene rings is 2. The zero-order chi connectivity index (χ0) is 19.1. The van der Waals surface area contributed by atoms with E-state index in [9.17, 15) is 9.59 Å². The molecule has 1 N–H and O–H groups in total. The number of nitrogens with one attached hydrogen (secondary N) is 1. The Kier molecular flexibility index (Phi) is 6.15. The summed E-state index contributed by atoms with van der Waals surface area (Å²) in [6.07, 6.45) is 2.78. The molecule has 2 aromatic carbocycles. The molecule has 0 aliphatic carbocycles. The Balaban J connectivity index is 1.42. The molecular weight excluding hydrogens is 340 g/mol. The summed E-state index contributed by atoms with van der Waals surface area (Å²) in [6.45, 7) is 2.46. The zero-order valence-electron chi connectivity index (χ0n) is 15.3. The Morgan fingerprint density at radius 2 is 1.85 bits per heavy atom. The average molecular weight is 362 g/mol. The lowest BCUT2D eigenvalue weighted by Gasteiger charge is -2.08. The minimum atomic E-state index is -0.414. The van der Waals surface area contributed by atoms with E-state index in [0.29, 0.717) is 24.9 Å². The first kappa shape index (κ1) is 18.6. The molecule has 0 radical (unpaired) electrons. The predicted octanol–water partition coefficient (Wildman–Crippen LogP) is 3.45. The van der Waals surface area contributed by atoms with Crippen molar-refractivity contribution in [3.8, 4) is 0 Å². The molecule has 0 unspecified atom stereocenters. The van der Waals surface area contributed by atoms with Crippen molar-refractivity contribution in [3.63, 3.8) is 0 Å². The van der Waals surface area contributed by atoms with Gasteiger partial charge in [-0.05, 0) is 37.1 Å². The van der Waals surface area contributed by atoms with Crippen LogP contribution < -0.4 is 5.32 Å². The number of ether oxygens (including phenoxy) is 1. The largest absolute Gasteiger partial charge is 0.460 e. The van der Waals surface area contributed by atoms with E-state index in [1.54, 1.807) is 24.4 Å². The Morgan fingerprint density at radius 1 is 1.04 bits per heavy atom. The second-order valence-corrected chi connectivity index (χ2v) is 6.35. The van der Waals surface area contributed by atoms with Gasteiger partial charge in [0.05, 0.1) is 17.6 Å². The van der Waals surface area contributed by atoms with Crippen LogP contribution in [0.25, 0.3) is 10.9 Å². The molecule has 3 aromatic rings. The first-order chi connectivity index (χ1) is 13.1. The summed E-state index contributed by atoms with van der Waals surface area (Å²) in [5.41, 5.74) is 3.56. The fraction of sp³-hybridized carbons (Fsp3) is 0.227. The van der Waals surface area contributed by atoms with Crippen molar-refractivity contribution in [1.29, 1.82) is 0 Å². The van der Waals surface area contributed by atoms with Crippen LogP contribution in [0.2, 0.25) is 0 Å². The summed E-state index contributed by atoms with van der Waals surface area (Å²) in [4.78, 5) is 28.4. The average Bonchev–Trinajstić information content (AvgIpc) is 2.70. The number of carbonyl (C=O) groups excluding carboxylic acids is 2. The first-order valence-corrected chi connectivity index (χ1v) is 8.96. The van der Waals surface area contributed by atoms with Gasteiger partial charge in [-0.25, -0.2) is 4.79 Å². The molecule has 27 heavy (non-hydrogen) atoms. The summed E-state index contributed by atoms with van der Waals surface area (Å²) < 4.78 is 5.28. The van der Waals surface area contributed by atoms with Crippen LogP contribution in [0.4, 0.5) is 0 Å². The second kappa shape index (κ2) is 8.94. The number of fused-ring (bicyclic) bond motifs is 1. The van der Waals surface area contributed by atoms with Crippen LogP contribution in [0.5, 0.6) is 0 Å². The quantitative estimate of drug-likeness (QED) is 0.516. The third kappa shape index (κ3) is 5.14. The number of rotatable bonds is 7. The maximum absolute atomic E-state index is 12.3. The lowest BCUT2D eigenvalue weighted by molar-refractivity contribution is -0.121. The van der Waals surface area contributed by atoms with Crippen molar-refractivity contribution in [2.45, 2.75) is 19.8 Å². The van der Waals surface area contributed by atoms with Crippen molar-refractivity contribution >= 4 is 22.8 Å². The number of hydrogen-bond acceptors (Lipinski definition) is 4. The molecule has 0 saturated heterocycles. The van der Waals surface area contributed by atoms with Gasteiger partial charge >= 0.3 is 5.97 Å². The molecule has 5 nitrogen and oxygen atoms in total. The van der Waals surface area contributed by atoms with E-state index in [4.69, 9.17) is 4.74 Å². The van der Waals surface area contributed by atoms with Crippen molar-refractivity contribution in [3.05, 3.63) is 77.5 Å². The van der Waals surface area contributed by atoms with Crippen LogP contribution in [0.1, 0.15) is 27.9 Å². The van der Waals surface area contributed by atoms with E-state index in [2.05, 4.69) is 10.3 Å². The molecule has 0 aliphatic rings. The molecule has 0 aliphatic heterocycles. The molecule has 1 aromatic heterocycles. The molecule has 1 heterocycles. The summed E-state index contributed by atoms with van der Waals surface area (Å²) in [7, 11) is 0. The van der Waals surface area contributed by atoms with Gasteiger partial charge in [0.2, 0.25) is 5.91 Å². The number of pyridine rings is 1. The van der Waals surface area contributed by atoms with Gasteiger partial charge in [-0.15, -0.1) is 0 Å². The molecule has 0 bridgehead atoms. The van der Waals surface area contributed by atoms with Gasteiger partial charge in [-0.2, -0.15) is 0 Å². The van der Waals surface area contributed by atoms with Gasteiger partial charge in [0.25, 0.3) is 0 Å². The van der Waals surface area contributed by atoms with Crippen molar-refractivity contribution < 1.29 is 14.3 Å². The number of amides is 1. The van der Waals surface area contributed by atoms with Crippen LogP contribution in [-0.4, -0.2) is 30.0 Å². The fourth-order valence-electron chi connectivity index (χ4n) is 2.79. The molecule has 138 valence electrons. The predicted molar refractivity (Wildman–Crippen MR) is 105 cm³/mol. The van der Waals surface area contributed by atoms with Gasteiger partial charge in [-0.1, -0.05) is 42.0 Å². The summed E-state index contributed by atoms with van der Waals surface area (Å²) in [5.74, 6) is -0.469. The Labute approximate surface area is 158 Å². The zero-order valence-corrected chi connectivity index (χ0v) is 15.3. The van der Waals surface area contributed by atoms with E-state index in [1.165, 1.54) is 5.56 Å². The maximum Gasteiger partial charge on any atom is 0.338 e. The molecule has 1 amide bonds. The second-order valence-electron chi connectivity index (χ2n) is 6.35. The van der Waals surface area contributed by atoms with Crippen LogP contribution in [-0.2, 0) is 16.0 Å². The molecule has 0 spiro atoms. The minimum absolute atomic E-state index is 0.0546. The van der Waals surface area contributed by atoms with E-state index in [0.717, 1.165) is 16.5 Å². The Morgan fingerprint density at radius 3 is 2.67 bits per heavy atom. The minimum Gasteiger partial charge on any atom is -0.460 e. The third-order valence-corrected chi connectivity index (χ3v) is 4.28. The van der Waals surface area contributed by atoms with Crippen molar-refractivity contribution in [1.82, 2.24) is 10.3 Å². The third-order valence-electron chi connectivity index (χ3n) is 4.28. The normalized spacial score (nSPS) is 10.6. The number of nitrogens with zero attached hydrogens (tertiary/aromatic N) is 1. The van der Waals surface area contributed by atoms with Crippen LogP contribution in [0.15, 0.2) is 60.8 Å². The highest BCUT2D eigenvalue weighted by molar-refractivity contribution is 6.03. The monoisotopic (exact) mass is 362 g/mol. The van der Waals surface area contributed by atoms with Gasteiger partial charge in [0.1, 0.15) is 6.61 Å². The lowest BCUT2D eigenvalue weighted by atomic mass is 10.1. The van der Waals surface area contributed by atoms with E-state index < -0.39 is 5.97 Å². The maximum atomic E-state index is 12.3. The Hall–Kier alpha value is -3.21. The van der Waals surface area contributed by atoms with E-state index >= 15 is 0 Å². The van der Waals surface area contributed by atoms with Gasteiger partial charge in [0, 0.05) is 18.0 Å². The highest BCUT2D eigenvalue weighted by Gasteiger charge is 2.11. The highest BCUT2D eigenvalue weighted by atomic mass is 16.5. The number of aryl methyl sites for hydroxylation is 2. The standard InChI is InChI=1S/C22H22N2O3/c1-16-7-9-17(10-8-16)11-12-21(25)24-14-15-27-22(26)19-4-2-6-20-18(19)5-3-13-23-20/h2-10,13H,11-12,14-15H2,1H3,(H,24,25). The smallest absolute Gasteiger partial charge is 0.338 e. The molecular formula is C22H22N2O3. The summed E-state index contributed by atoms with van der Waals surface area (Å²) in [6, 6.07) is 17.1. The summed E-state index contributed by atoms with van der Waals surface area (Å²) >= 11 is 0. The number of esters is 1. The molecule has 0 atom stereocenters. The number of hydrogen-bond donors (Lipinski definition) is 1. The fourth-order valence-corrected chi connectivity index (χ4v) is 2.79. The molecule has 3 rings (SSSR count). The van der Waals surface area contributed by atoms with E-state index in [1.807, 2.05) is 43.3 Å². The van der Waals surface area contributed by atoms with Crippen molar-refractivity contribution in [2.75, 3.05) is 13.2 Å². The van der Waals surface area contributed by atoms with Crippen LogP contribution in [0.3, 0.4) is 0 Å². The topological polar surface area (TPSA) is 68.3 Å². The lowest BCUT2D eigenvalue weighted by Crippen LogP contribution is -2.28. The van der Waals surface area contributed by atoms with Crippen LogP contribution in [0, 0.1) is 6.92 Å². The molecule has 0 saturated carbocycles. The van der Waals surface area contributed by atoms with Crippen molar-refractivity contribution in [2.24, 2.45) is 0 Å². The van der Waals surface area contributed by atoms with Gasteiger partial charge in [0.15, 0.2) is 0 Å². The Bertz CT molecular complexity index is 930. The molecule has 0 fully saturated rings. The highest BCUT2D eigenvalue weighted by Crippen LogP contribution is 2.17. The van der Waals surface area contributed by atoms with E-state index in [-0.39, 0.29) is 12.5 Å². The number of carbonyl (C=O) groups is 2. The summed E-state index contributed by atoms with van der Waals surface area (Å²) in [5, 5.41) is 3.54. The first-order valence-electron chi connectivity index (χ1n) is 8.96.